The van der Waals surface area contributed by atoms with Crippen molar-refractivity contribution in [3.8, 4) is 5.75 Å². The van der Waals surface area contributed by atoms with Crippen LogP contribution in [0, 0.1) is 0 Å². The topological polar surface area (TPSA) is 68.5 Å². The Morgan fingerprint density at radius 2 is 2.28 bits per heavy atom. The molecule has 1 unspecified atom stereocenters. The number of hydrogen-bond acceptors (Lipinski definition) is 4. The Balaban J connectivity index is 1.70. The maximum Gasteiger partial charge on any atom is 0.265 e. The van der Waals surface area contributed by atoms with Gasteiger partial charge in [0.25, 0.3) is 12.3 Å². The molecule has 0 spiro atoms. The van der Waals surface area contributed by atoms with Crippen LogP contribution in [-0.2, 0) is 6.42 Å². The first-order valence-corrected chi connectivity index (χ1v) is 7.74. The van der Waals surface area contributed by atoms with Crippen LogP contribution in [0.5, 0.6) is 5.75 Å². The Labute approximate surface area is 141 Å². The quantitative estimate of drug-likeness (QED) is 0.792. The number of carbonyl (C=O) groups is 1. The first-order chi connectivity index (χ1) is 12.0. The number of nitrogens with zero attached hydrogens (tertiary/aromatic N) is 3. The van der Waals surface area contributed by atoms with Gasteiger partial charge in [0.05, 0.1) is 11.9 Å². The standard InChI is InChI=1S/C17H14F2N4O2/c1-9-5-10-6-13(11(15(18)19)7-14(10)25-9)22-17(24)12-8-21-23-4-2-3-20-16(12)23/h2-4,6-9,15H,5H2,1H3,(H,22,24). The van der Waals surface area contributed by atoms with Crippen LogP contribution in [0.3, 0.4) is 0 Å². The van der Waals surface area contributed by atoms with Gasteiger partial charge in [0.15, 0.2) is 5.65 Å². The Bertz CT molecular complexity index is 970. The van der Waals surface area contributed by atoms with Crippen molar-refractivity contribution in [2.75, 3.05) is 5.32 Å². The lowest BCUT2D eigenvalue weighted by atomic mass is 10.1. The minimum atomic E-state index is -2.73. The third-order valence-electron chi connectivity index (χ3n) is 4.08. The minimum absolute atomic E-state index is 0.0738. The number of ether oxygens (including phenoxy) is 1. The van der Waals surface area contributed by atoms with Crippen LogP contribution in [0.25, 0.3) is 5.65 Å². The van der Waals surface area contributed by atoms with E-state index >= 15 is 0 Å². The van der Waals surface area contributed by atoms with Gasteiger partial charge in [-0.1, -0.05) is 0 Å². The maximum atomic E-state index is 13.4. The molecule has 1 aliphatic rings. The van der Waals surface area contributed by atoms with Gasteiger partial charge in [0, 0.05) is 24.4 Å². The van der Waals surface area contributed by atoms with E-state index in [4.69, 9.17) is 4.74 Å². The number of anilines is 1. The summed E-state index contributed by atoms with van der Waals surface area (Å²) >= 11 is 0. The molecule has 6 nitrogen and oxygen atoms in total. The molecular weight excluding hydrogens is 330 g/mol. The molecule has 0 aliphatic carbocycles. The van der Waals surface area contributed by atoms with Crippen LogP contribution in [0.4, 0.5) is 14.5 Å². The Morgan fingerprint density at radius 1 is 1.44 bits per heavy atom. The molecular formula is C17H14F2N4O2. The lowest BCUT2D eigenvalue weighted by molar-refractivity contribution is 0.102. The molecule has 1 N–H and O–H groups in total. The Morgan fingerprint density at radius 3 is 3.08 bits per heavy atom. The number of hydrogen-bond donors (Lipinski definition) is 1. The molecule has 2 aromatic heterocycles. The number of benzene rings is 1. The minimum Gasteiger partial charge on any atom is -0.490 e. The van der Waals surface area contributed by atoms with E-state index in [9.17, 15) is 13.6 Å². The summed E-state index contributed by atoms with van der Waals surface area (Å²) in [5.41, 5.74) is 1.17. The third kappa shape index (κ3) is 2.69. The number of amides is 1. The van der Waals surface area contributed by atoms with Crippen LogP contribution in [0.1, 0.15) is 34.8 Å². The zero-order valence-electron chi connectivity index (χ0n) is 13.2. The van der Waals surface area contributed by atoms with E-state index in [2.05, 4.69) is 15.4 Å². The van der Waals surface area contributed by atoms with Crippen LogP contribution in [0.15, 0.2) is 36.8 Å². The highest BCUT2D eigenvalue weighted by Gasteiger charge is 2.25. The van der Waals surface area contributed by atoms with Crippen molar-refractivity contribution >= 4 is 17.2 Å². The van der Waals surface area contributed by atoms with Gasteiger partial charge in [0.1, 0.15) is 17.4 Å². The molecule has 0 fully saturated rings. The van der Waals surface area contributed by atoms with Crippen molar-refractivity contribution in [2.24, 2.45) is 0 Å². The Hall–Kier alpha value is -3.03. The van der Waals surface area contributed by atoms with E-state index in [0.717, 1.165) is 5.56 Å². The highest BCUT2D eigenvalue weighted by atomic mass is 19.3. The highest BCUT2D eigenvalue weighted by molar-refractivity contribution is 6.08. The third-order valence-corrected chi connectivity index (χ3v) is 4.08. The number of alkyl halides is 2. The van der Waals surface area contributed by atoms with Crippen LogP contribution in [-0.4, -0.2) is 26.6 Å². The molecule has 0 saturated carbocycles. The van der Waals surface area contributed by atoms with Crippen LogP contribution < -0.4 is 10.1 Å². The summed E-state index contributed by atoms with van der Waals surface area (Å²) in [5.74, 6) is -0.0963. The summed E-state index contributed by atoms with van der Waals surface area (Å²) < 4.78 is 33.8. The first kappa shape index (κ1) is 15.5. The summed E-state index contributed by atoms with van der Waals surface area (Å²) in [4.78, 5) is 16.6. The summed E-state index contributed by atoms with van der Waals surface area (Å²) in [7, 11) is 0. The van der Waals surface area contributed by atoms with Crippen molar-refractivity contribution in [1.29, 1.82) is 0 Å². The molecule has 1 aliphatic heterocycles. The second-order valence-electron chi connectivity index (χ2n) is 5.88. The predicted molar refractivity (Wildman–Crippen MR) is 86.1 cm³/mol. The van der Waals surface area contributed by atoms with Crippen molar-refractivity contribution in [2.45, 2.75) is 25.9 Å². The second kappa shape index (κ2) is 5.80. The zero-order valence-corrected chi connectivity index (χ0v) is 13.2. The number of halogens is 2. The van der Waals surface area contributed by atoms with Gasteiger partial charge >= 0.3 is 0 Å². The molecule has 3 aromatic rings. The molecule has 0 radical (unpaired) electrons. The molecule has 8 heteroatoms. The predicted octanol–water partition coefficient (Wildman–Crippen LogP) is 3.24. The molecule has 1 aromatic carbocycles. The average molecular weight is 344 g/mol. The summed E-state index contributed by atoms with van der Waals surface area (Å²) in [5, 5.41) is 6.59. The largest absolute Gasteiger partial charge is 0.490 e. The van der Waals surface area contributed by atoms with Crippen LogP contribution in [0.2, 0.25) is 0 Å². The van der Waals surface area contributed by atoms with Gasteiger partial charge in [0.2, 0.25) is 0 Å². The van der Waals surface area contributed by atoms with Crippen molar-refractivity contribution in [3.63, 3.8) is 0 Å². The SMILES string of the molecule is CC1Cc2cc(NC(=O)c3cnn4cccnc34)c(C(F)F)cc2O1. The van der Waals surface area contributed by atoms with Gasteiger partial charge in [-0.05, 0) is 30.7 Å². The van der Waals surface area contributed by atoms with E-state index < -0.39 is 12.3 Å². The van der Waals surface area contributed by atoms with Gasteiger partial charge < -0.3 is 10.1 Å². The van der Waals surface area contributed by atoms with Gasteiger partial charge in [-0.25, -0.2) is 18.3 Å². The molecule has 25 heavy (non-hydrogen) atoms. The molecule has 0 bridgehead atoms. The highest BCUT2D eigenvalue weighted by Crippen LogP contribution is 2.38. The number of nitrogens with one attached hydrogen (secondary N) is 1. The number of fused-ring (bicyclic) bond motifs is 2. The fourth-order valence-electron chi connectivity index (χ4n) is 2.94. The molecule has 3 heterocycles. The van der Waals surface area contributed by atoms with Gasteiger partial charge in [-0.15, -0.1) is 0 Å². The maximum absolute atomic E-state index is 13.4. The second-order valence-corrected chi connectivity index (χ2v) is 5.88. The van der Waals surface area contributed by atoms with Gasteiger partial charge in [-0.2, -0.15) is 5.10 Å². The normalized spacial score (nSPS) is 16.1. The summed E-state index contributed by atoms with van der Waals surface area (Å²) in [6.07, 6.45) is 2.35. The van der Waals surface area contributed by atoms with Crippen LogP contribution >= 0.6 is 0 Å². The molecule has 1 atom stereocenters. The van der Waals surface area contributed by atoms with E-state index in [1.54, 1.807) is 18.3 Å². The number of carbonyl (C=O) groups excluding carboxylic acids is 1. The Kier molecular flexibility index (Phi) is 3.60. The molecule has 128 valence electrons. The van der Waals surface area contributed by atoms with Crippen molar-refractivity contribution in [3.05, 3.63) is 53.5 Å². The van der Waals surface area contributed by atoms with Crippen molar-refractivity contribution < 1.29 is 18.3 Å². The lowest BCUT2D eigenvalue weighted by Gasteiger charge is -2.12. The van der Waals surface area contributed by atoms with E-state index in [1.807, 2.05) is 6.92 Å². The monoisotopic (exact) mass is 344 g/mol. The lowest BCUT2D eigenvalue weighted by Crippen LogP contribution is -2.14. The first-order valence-electron chi connectivity index (χ1n) is 7.74. The molecule has 1 amide bonds. The summed E-state index contributed by atoms with van der Waals surface area (Å²) in [6.45, 7) is 1.87. The zero-order chi connectivity index (χ0) is 17.6. The van der Waals surface area contributed by atoms with Gasteiger partial charge in [-0.3, -0.25) is 4.79 Å². The molecule has 4 rings (SSSR count). The smallest absolute Gasteiger partial charge is 0.265 e. The summed E-state index contributed by atoms with van der Waals surface area (Å²) in [6, 6.07) is 4.53. The van der Waals surface area contributed by atoms with E-state index in [0.29, 0.717) is 17.8 Å². The molecule has 0 saturated heterocycles. The fourth-order valence-corrected chi connectivity index (χ4v) is 2.94. The average Bonchev–Trinajstić information content (AvgIpc) is 3.15. The van der Waals surface area contributed by atoms with E-state index in [1.165, 1.54) is 23.0 Å². The number of aromatic nitrogens is 3. The fraction of sp³-hybridized carbons (Fsp3) is 0.235. The number of rotatable bonds is 3. The van der Waals surface area contributed by atoms with Crippen molar-refractivity contribution in [1.82, 2.24) is 14.6 Å². The van der Waals surface area contributed by atoms with E-state index in [-0.39, 0.29) is 22.9 Å².